The summed E-state index contributed by atoms with van der Waals surface area (Å²) in [4.78, 5) is 24.8. The van der Waals surface area contributed by atoms with E-state index in [9.17, 15) is 9.59 Å². The number of rotatable bonds is 2. The van der Waals surface area contributed by atoms with Crippen molar-refractivity contribution in [2.45, 2.75) is 13.3 Å². The molecule has 2 N–H and O–H groups in total. The van der Waals surface area contributed by atoms with Gasteiger partial charge in [-0.15, -0.1) is 0 Å². The summed E-state index contributed by atoms with van der Waals surface area (Å²) in [6, 6.07) is 6.59. The zero-order valence-corrected chi connectivity index (χ0v) is 13.0. The second-order valence-electron chi connectivity index (χ2n) is 5.27. The van der Waals surface area contributed by atoms with Gasteiger partial charge in [-0.3, -0.25) is 4.79 Å². The predicted molar refractivity (Wildman–Crippen MR) is 79.8 cm³/mol. The van der Waals surface area contributed by atoms with Crippen LogP contribution in [0.15, 0.2) is 22.7 Å². The molecule has 0 aromatic heterocycles. The van der Waals surface area contributed by atoms with Crippen molar-refractivity contribution in [3.63, 3.8) is 0 Å². The summed E-state index contributed by atoms with van der Waals surface area (Å²) in [5, 5.41) is 20.9. The minimum atomic E-state index is -0.908. The third kappa shape index (κ3) is 3.16. The standard InChI is InChI=1S/C14H14BrN3O3/c1-14(12(19)20)4-5-18(8-14)13(21)17-11-3-2-10(15)6-9(11)7-16/h2-3,6H,4-5,8H2,1H3,(H,17,21)(H,19,20). The number of carbonyl (C=O) groups excluding carboxylic acids is 1. The van der Waals surface area contributed by atoms with E-state index in [1.807, 2.05) is 6.07 Å². The van der Waals surface area contributed by atoms with Crippen LogP contribution in [0.25, 0.3) is 0 Å². The largest absolute Gasteiger partial charge is 0.481 e. The van der Waals surface area contributed by atoms with Crippen LogP contribution in [0.4, 0.5) is 10.5 Å². The minimum Gasteiger partial charge on any atom is -0.481 e. The molecule has 1 aromatic carbocycles. The lowest BCUT2D eigenvalue weighted by Crippen LogP contribution is -2.37. The Morgan fingerprint density at radius 2 is 2.24 bits per heavy atom. The van der Waals surface area contributed by atoms with E-state index in [1.54, 1.807) is 25.1 Å². The second kappa shape index (κ2) is 5.74. The summed E-state index contributed by atoms with van der Waals surface area (Å²) in [6.07, 6.45) is 0.418. The van der Waals surface area contributed by atoms with Crippen LogP contribution < -0.4 is 5.32 Å². The van der Waals surface area contributed by atoms with Crippen molar-refractivity contribution < 1.29 is 14.7 Å². The van der Waals surface area contributed by atoms with E-state index in [2.05, 4.69) is 21.2 Å². The number of nitrogens with one attached hydrogen (secondary N) is 1. The first-order valence-electron chi connectivity index (χ1n) is 6.35. The average molecular weight is 352 g/mol. The van der Waals surface area contributed by atoms with E-state index < -0.39 is 17.4 Å². The van der Waals surface area contributed by atoms with E-state index in [0.717, 1.165) is 4.47 Å². The van der Waals surface area contributed by atoms with Gasteiger partial charge >= 0.3 is 12.0 Å². The van der Waals surface area contributed by atoms with E-state index in [-0.39, 0.29) is 6.54 Å². The predicted octanol–water partition coefficient (Wildman–Crippen LogP) is 2.65. The average Bonchev–Trinajstić information content (AvgIpc) is 2.85. The lowest BCUT2D eigenvalue weighted by molar-refractivity contribution is -0.146. The molecule has 1 heterocycles. The molecule has 0 saturated carbocycles. The van der Waals surface area contributed by atoms with Crippen molar-refractivity contribution in [3.05, 3.63) is 28.2 Å². The number of nitriles is 1. The van der Waals surface area contributed by atoms with Gasteiger partial charge in [0.2, 0.25) is 0 Å². The zero-order chi connectivity index (χ0) is 15.6. The normalized spacial score (nSPS) is 20.9. The summed E-state index contributed by atoms with van der Waals surface area (Å²) in [5.74, 6) is -0.904. The van der Waals surface area contributed by atoms with Gasteiger partial charge < -0.3 is 15.3 Å². The molecule has 1 saturated heterocycles. The fourth-order valence-corrected chi connectivity index (χ4v) is 2.58. The van der Waals surface area contributed by atoms with Gasteiger partial charge in [-0.1, -0.05) is 15.9 Å². The Morgan fingerprint density at radius 1 is 1.52 bits per heavy atom. The molecule has 2 rings (SSSR count). The monoisotopic (exact) mass is 351 g/mol. The molecule has 1 aromatic rings. The Balaban J connectivity index is 2.10. The zero-order valence-electron chi connectivity index (χ0n) is 11.4. The summed E-state index contributed by atoms with van der Waals surface area (Å²) in [7, 11) is 0. The van der Waals surface area contributed by atoms with Crippen molar-refractivity contribution in [1.29, 1.82) is 5.26 Å². The first-order valence-corrected chi connectivity index (χ1v) is 7.14. The van der Waals surface area contributed by atoms with Crippen molar-refractivity contribution in [2.24, 2.45) is 5.41 Å². The van der Waals surface area contributed by atoms with E-state index in [4.69, 9.17) is 10.4 Å². The van der Waals surface area contributed by atoms with E-state index in [1.165, 1.54) is 4.90 Å². The molecule has 1 aliphatic heterocycles. The highest BCUT2D eigenvalue weighted by atomic mass is 79.9. The number of carboxylic acids is 1. The Bertz CT molecular complexity index is 641. The molecule has 6 nitrogen and oxygen atoms in total. The highest BCUT2D eigenvalue weighted by Crippen LogP contribution is 2.30. The SMILES string of the molecule is CC1(C(=O)O)CCN(C(=O)Nc2ccc(Br)cc2C#N)C1. The van der Waals surface area contributed by atoms with Gasteiger partial charge in [0.05, 0.1) is 16.7 Å². The Hall–Kier alpha value is -2.07. The molecule has 0 spiro atoms. The Morgan fingerprint density at radius 3 is 2.81 bits per heavy atom. The molecule has 1 unspecified atom stereocenters. The van der Waals surface area contributed by atoms with Crippen LogP contribution in [-0.2, 0) is 4.79 Å². The van der Waals surface area contributed by atoms with Crippen LogP contribution >= 0.6 is 15.9 Å². The number of nitrogens with zero attached hydrogens (tertiary/aromatic N) is 2. The highest BCUT2D eigenvalue weighted by Gasteiger charge is 2.42. The number of carboxylic acid groups (broad SMARTS) is 1. The van der Waals surface area contributed by atoms with Crippen molar-refractivity contribution >= 4 is 33.6 Å². The molecule has 1 atom stereocenters. The number of hydrogen-bond donors (Lipinski definition) is 2. The number of carbonyl (C=O) groups is 2. The molecular formula is C14H14BrN3O3. The van der Waals surface area contributed by atoms with Gasteiger partial charge in [0.1, 0.15) is 6.07 Å². The van der Waals surface area contributed by atoms with Crippen LogP contribution in [-0.4, -0.2) is 35.1 Å². The number of anilines is 1. The van der Waals surface area contributed by atoms with Crippen molar-refractivity contribution in [2.75, 3.05) is 18.4 Å². The maximum atomic E-state index is 12.2. The van der Waals surface area contributed by atoms with Gasteiger partial charge in [-0.2, -0.15) is 5.26 Å². The maximum absolute atomic E-state index is 12.2. The lowest BCUT2D eigenvalue weighted by atomic mass is 9.90. The number of amides is 2. The molecule has 110 valence electrons. The highest BCUT2D eigenvalue weighted by molar-refractivity contribution is 9.10. The number of benzene rings is 1. The van der Waals surface area contributed by atoms with Gasteiger partial charge in [-0.25, -0.2) is 4.79 Å². The fraction of sp³-hybridized carbons (Fsp3) is 0.357. The van der Waals surface area contributed by atoms with Gasteiger partial charge in [0.25, 0.3) is 0 Å². The minimum absolute atomic E-state index is 0.159. The Labute approximate surface area is 130 Å². The third-order valence-corrected chi connectivity index (χ3v) is 4.11. The molecule has 21 heavy (non-hydrogen) atoms. The van der Waals surface area contributed by atoms with Crippen LogP contribution in [0.3, 0.4) is 0 Å². The summed E-state index contributed by atoms with van der Waals surface area (Å²) >= 11 is 3.26. The molecule has 7 heteroatoms. The molecule has 0 radical (unpaired) electrons. The summed E-state index contributed by atoms with van der Waals surface area (Å²) in [5.41, 5.74) is -0.151. The van der Waals surface area contributed by atoms with Crippen molar-refractivity contribution in [3.8, 4) is 6.07 Å². The summed E-state index contributed by atoms with van der Waals surface area (Å²) in [6.45, 7) is 2.17. The maximum Gasteiger partial charge on any atom is 0.321 e. The molecular weight excluding hydrogens is 338 g/mol. The van der Waals surface area contributed by atoms with Crippen LogP contribution in [0, 0.1) is 16.7 Å². The van der Waals surface area contributed by atoms with E-state index in [0.29, 0.717) is 24.2 Å². The van der Waals surface area contributed by atoms with Gasteiger partial charge in [0, 0.05) is 17.6 Å². The second-order valence-corrected chi connectivity index (χ2v) is 6.18. The Kier molecular flexibility index (Phi) is 4.19. The smallest absolute Gasteiger partial charge is 0.321 e. The van der Waals surface area contributed by atoms with Crippen LogP contribution in [0.2, 0.25) is 0 Å². The van der Waals surface area contributed by atoms with E-state index >= 15 is 0 Å². The van der Waals surface area contributed by atoms with Crippen molar-refractivity contribution in [1.82, 2.24) is 4.90 Å². The first kappa shape index (κ1) is 15.3. The topological polar surface area (TPSA) is 93.4 Å². The number of halogens is 1. The molecule has 0 aliphatic carbocycles. The third-order valence-electron chi connectivity index (χ3n) is 3.62. The lowest BCUT2D eigenvalue weighted by Gasteiger charge is -2.20. The number of likely N-dealkylation sites (tertiary alicyclic amines) is 1. The first-order chi connectivity index (χ1) is 9.85. The molecule has 1 aliphatic rings. The number of aliphatic carboxylic acids is 1. The van der Waals surface area contributed by atoms with Gasteiger partial charge in [-0.05, 0) is 31.5 Å². The fourth-order valence-electron chi connectivity index (χ4n) is 2.22. The molecule has 2 amide bonds. The summed E-state index contributed by atoms with van der Waals surface area (Å²) < 4.78 is 0.747. The molecule has 1 fully saturated rings. The molecule has 0 bridgehead atoms. The van der Waals surface area contributed by atoms with Gasteiger partial charge in [0.15, 0.2) is 0 Å². The quantitative estimate of drug-likeness (QED) is 0.856. The number of hydrogen-bond acceptors (Lipinski definition) is 3. The number of urea groups is 1. The van der Waals surface area contributed by atoms with Crippen LogP contribution in [0.1, 0.15) is 18.9 Å². The van der Waals surface area contributed by atoms with Crippen LogP contribution in [0.5, 0.6) is 0 Å².